The van der Waals surface area contributed by atoms with Crippen molar-refractivity contribution in [2.75, 3.05) is 0 Å². The summed E-state index contributed by atoms with van der Waals surface area (Å²) in [6.45, 7) is 2.07. The lowest BCUT2D eigenvalue weighted by molar-refractivity contribution is 0.730. The number of nitrogens with zero attached hydrogens (tertiary/aromatic N) is 5. The van der Waals surface area contributed by atoms with E-state index in [0.717, 1.165) is 12.0 Å². The van der Waals surface area contributed by atoms with Gasteiger partial charge in [-0.25, -0.2) is 9.97 Å². The molecule has 8 heteroatoms. The summed E-state index contributed by atoms with van der Waals surface area (Å²) >= 11 is 1.37. The molecule has 0 amide bonds. The van der Waals surface area contributed by atoms with Gasteiger partial charge in [0.15, 0.2) is 5.82 Å². The fourth-order valence-corrected chi connectivity index (χ4v) is 3.77. The summed E-state index contributed by atoms with van der Waals surface area (Å²) in [4.78, 5) is 21.8. The summed E-state index contributed by atoms with van der Waals surface area (Å²) < 4.78 is 1.41. The van der Waals surface area contributed by atoms with E-state index in [4.69, 9.17) is 5.26 Å². The molecule has 4 aromatic rings. The van der Waals surface area contributed by atoms with Crippen LogP contribution in [0.4, 0.5) is 0 Å². The SMILES string of the molecule is CCc1ccc(-c2nc(SCc3nc4ccccc4c(=O)n3CC#N)n[nH]2)cc1. The second-order valence-electron chi connectivity index (χ2n) is 6.40. The Morgan fingerprint density at radius 2 is 1.93 bits per heavy atom. The van der Waals surface area contributed by atoms with Crippen molar-refractivity contribution in [2.45, 2.75) is 30.8 Å². The lowest BCUT2D eigenvalue weighted by Gasteiger charge is -2.09. The Morgan fingerprint density at radius 3 is 2.69 bits per heavy atom. The van der Waals surface area contributed by atoms with Crippen LogP contribution in [0.1, 0.15) is 18.3 Å². The van der Waals surface area contributed by atoms with Gasteiger partial charge >= 0.3 is 0 Å². The van der Waals surface area contributed by atoms with Crippen LogP contribution in [-0.2, 0) is 18.7 Å². The van der Waals surface area contributed by atoms with Gasteiger partial charge in [-0.3, -0.25) is 14.5 Å². The lowest BCUT2D eigenvalue weighted by atomic mass is 10.1. The number of para-hydroxylation sites is 1. The number of hydrogen-bond acceptors (Lipinski definition) is 6. The summed E-state index contributed by atoms with van der Waals surface area (Å²) in [6.07, 6.45) is 0.987. The van der Waals surface area contributed by atoms with E-state index in [1.54, 1.807) is 18.2 Å². The van der Waals surface area contributed by atoms with E-state index in [0.29, 0.717) is 33.5 Å². The van der Waals surface area contributed by atoms with Crippen molar-refractivity contribution < 1.29 is 0 Å². The molecule has 0 saturated carbocycles. The maximum Gasteiger partial charge on any atom is 0.262 e. The monoisotopic (exact) mass is 402 g/mol. The third-order valence-corrected chi connectivity index (χ3v) is 5.44. The van der Waals surface area contributed by atoms with E-state index >= 15 is 0 Å². The van der Waals surface area contributed by atoms with Gasteiger partial charge in [-0.2, -0.15) is 5.26 Å². The number of H-pyrrole nitrogens is 1. The fourth-order valence-electron chi connectivity index (χ4n) is 3.03. The van der Waals surface area contributed by atoms with Gasteiger partial charge in [0.25, 0.3) is 5.56 Å². The zero-order valence-corrected chi connectivity index (χ0v) is 16.6. The summed E-state index contributed by atoms with van der Waals surface area (Å²) in [6, 6.07) is 17.4. The molecule has 0 aliphatic rings. The molecule has 0 radical (unpaired) electrons. The molecular formula is C21H18N6OS. The number of aromatic amines is 1. The molecule has 0 saturated heterocycles. The molecule has 0 fully saturated rings. The Kier molecular flexibility index (Phi) is 5.40. The Labute approximate surface area is 171 Å². The molecule has 144 valence electrons. The Morgan fingerprint density at radius 1 is 1.14 bits per heavy atom. The summed E-state index contributed by atoms with van der Waals surface area (Å²) in [5.74, 6) is 1.60. The van der Waals surface area contributed by atoms with Crippen LogP contribution in [-0.4, -0.2) is 24.7 Å². The predicted octanol–water partition coefficient (Wildman–Crippen LogP) is 3.56. The van der Waals surface area contributed by atoms with Crippen molar-refractivity contribution >= 4 is 22.7 Å². The maximum absolute atomic E-state index is 12.7. The molecule has 0 atom stereocenters. The van der Waals surface area contributed by atoms with Gasteiger partial charge in [-0.05, 0) is 24.1 Å². The van der Waals surface area contributed by atoms with Gasteiger partial charge in [0.2, 0.25) is 5.16 Å². The number of nitriles is 1. The number of rotatable bonds is 6. The van der Waals surface area contributed by atoms with E-state index in [2.05, 4.69) is 39.2 Å². The smallest absolute Gasteiger partial charge is 0.262 e. The highest BCUT2D eigenvalue weighted by atomic mass is 32.2. The Balaban J connectivity index is 1.58. The minimum atomic E-state index is -0.209. The minimum absolute atomic E-state index is 0.0460. The number of aryl methyl sites for hydroxylation is 1. The first kappa shape index (κ1) is 18.9. The minimum Gasteiger partial charge on any atom is -0.281 e. The van der Waals surface area contributed by atoms with E-state index in [-0.39, 0.29) is 12.1 Å². The molecule has 7 nitrogen and oxygen atoms in total. The highest BCUT2D eigenvalue weighted by Gasteiger charge is 2.13. The molecule has 0 unspecified atom stereocenters. The Bertz CT molecular complexity index is 1250. The van der Waals surface area contributed by atoms with E-state index in [9.17, 15) is 4.79 Å². The highest BCUT2D eigenvalue weighted by Crippen LogP contribution is 2.22. The molecule has 0 aliphatic carbocycles. The van der Waals surface area contributed by atoms with Gasteiger partial charge in [0.05, 0.1) is 22.7 Å². The van der Waals surface area contributed by atoms with Crippen molar-refractivity contribution in [1.82, 2.24) is 24.7 Å². The lowest BCUT2D eigenvalue weighted by Crippen LogP contribution is -2.24. The molecular weight excluding hydrogens is 384 g/mol. The van der Waals surface area contributed by atoms with Crippen molar-refractivity contribution in [3.8, 4) is 17.5 Å². The maximum atomic E-state index is 12.7. The fraction of sp³-hybridized carbons (Fsp3) is 0.190. The number of nitrogens with one attached hydrogen (secondary N) is 1. The number of aromatic nitrogens is 5. The Hall–Kier alpha value is -3.44. The molecule has 2 aromatic carbocycles. The topological polar surface area (TPSA) is 100 Å². The van der Waals surface area contributed by atoms with Crippen LogP contribution < -0.4 is 5.56 Å². The van der Waals surface area contributed by atoms with Crippen molar-refractivity contribution in [3.63, 3.8) is 0 Å². The second kappa shape index (κ2) is 8.29. The summed E-state index contributed by atoms with van der Waals surface area (Å²) in [5, 5.41) is 17.4. The third-order valence-electron chi connectivity index (χ3n) is 4.60. The third kappa shape index (κ3) is 3.91. The number of benzene rings is 2. The zero-order valence-electron chi connectivity index (χ0n) is 15.8. The van der Waals surface area contributed by atoms with Gasteiger partial charge in [-0.1, -0.05) is 55.1 Å². The van der Waals surface area contributed by atoms with Crippen molar-refractivity contribution in [1.29, 1.82) is 5.26 Å². The molecule has 0 bridgehead atoms. The van der Waals surface area contributed by atoms with Gasteiger partial charge in [0, 0.05) is 5.56 Å². The normalized spacial score (nSPS) is 10.9. The molecule has 4 rings (SSSR count). The van der Waals surface area contributed by atoms with Crippen molar-refractivity contribution in [2.24, 2.45) is 0 Å². The van der Waals surface area contributed by atoms with E-state index < -0.39 is 0 Å². The van der Waals surface area contributed by atoms with E-state index in [1.165, 1.54) is 21.9 Å². The molecule has 0 aliphatic heterocycles. The number of fused-ring (bicyclic) bond motifs is 1. The van der Waals surface area contributed by atoms with Crippen LogP contribution in [0.15, 0.2) is 58.5 Å². The molecule has 1 N–H and O–H groups in total. The largest absolute Gasteiger partial charge is 0.281 e. The standard InChI is InChI=1S/C21H18N6OS/c1-2-14-7-9-15(10-8-14)19-24-21(26-25-19)29-13-18-23-17-6-4-3-5-16(17)20(28)27(18)12-11-22/h3-10H,2,12-13H2,1H3,(H,24,25,26). The van der Waals surface area contributed by atoms with Crippen LogP contribution in [0, 0.1) is 11.3 Å². The average Bonchev–Trinajstić information content (AvgIpc) is 3.24. The first-order valence-electron chi connectivity index (χ1n) is 9.19. The van der Waals surface area contributed by atoms with E-state index in [1.807, 2.05) is 24.3 Å². The predicted molar refractivity (Wildman–Crippen MR) is 112 cm³/mol. The number of hydrogen-bond donors (Lipinski definition) is 1. The van der Waals surface area contributed by atoms with Gasteiger partial charge in [0.1, 0.15) is 12.4 Å². The first-order valence-corrected chi connectivity index (χ1v) is 10.2. The summed E-state index contributed by atoms with van der Waals surface area (Å²) in [5.41, 5.74) is 2.64. The molecule has 2 heterocycles. The molecule has 0 spiro atoms. The van der Waals surface area contributed by atoms with Crippen molar-refractivity contribution in [3.05, 3.63) is 70.3 Å². The van der Waals surface area contributed by atoms with Crippen LogP contribution >= 0.6 is 11.8 Å². The second-order valence-corrected chi connectivity index (χ2v) is 7.34. The quantitative estimate of drug-likeness (QED) is 0.495. The van der Waals surface area contributed by atoms with Crippen LogP contribution in [0.3, 0.4) is 0 Å². The van der Waals surface area contributed by atoms with Crippen LogP contribution in [0.2, 0.25) is 0 Å². The first-order chi connectivity index (χ1) is 14.2. The number of thioether (sulfide) groups is 1. The summed E-state index contributed by atoms with van der Waals surface area (Å²) in [7, 11) is 0. The van der Waals surface area contributed by atoms with Crippen LogP contribution in [0.25, 0.3) is 22.3 Å². The molecule has 29 heavy (non-hydrogen) atoms. The average molecular weight is 402 g/mol. The van der Waals surface area contributed by atoms with Crippen LogP contribution in [0.5, 0.6) is 0 Å². The van der Waals surface area contributed by atoms with Gasteiger partial charge in [-0.15, -0.1) is 5.10 Å². The zero-order chi connectivity index (χ0) is 20.2. The highest BCUT2D eigenvalue weighted by molar-refractivity contribution is 7.98. The van der Waals surface area contributed by atoms with Gasteiger partial charge < -0.3 is 0 Å². The molecule has 2 aromatic heterocycles.